The number of nitrogens with zero attached hydrogens (tertiary/aromatic N) is 1. The van der Waals surface area contributed by atoms with Crippen molar-refractivity contribution < 1.29 is 19.1 Å². The Labute approximate surface area is 253 Å². The molecule has 0 aliphatic rings. The summed E-state index contributed by atoms with van der Waals surface area (Å²) >= 11 is 0. The first-order valence-corrected chi connectivity index (χ1v) is 14.8. The topological polar surface area (TPSA) is 87.7 Å². The van der Waals surface area contributed by atoms with Gasteiger partial charge in [0.05, 0.1) is 18.7 Å². The molecule has 0 bridgehead atoms. The number of carbonyl (C=O) groups is 3. The lowest BCUT2D eigenvalue weighted by molar-refractivity contribution is -0.141. The van der Waals surface area contributed by atoms with Gasteiger partial charge in [-0.25, -0.2) is 4.79 Å². The molecule has 0 spiro atoms. The molecule has 0 aliphatic heterocycles. The van der Waals surface area contributed by atoms with Crippen LogP contribution in [0.25, 0.3) is 11.1 Å². The maximum atomic E-state index is 14.0. The molecule has 0 fully saturated rings. The fraction of sp³-hybridized carbons (Fsp3) is 0.514. The lowest BCUT2D eigenvalue weighted by Gasteiger charge is -2.40. The Morgan fingerprint density at radius 3 is 2.05 bits per heavy atom. The molecule has 0 saturated carbocycles. The second-order valence-electron chi connectivity index (χ2n) is 13.0. The number of likely N-dealkylation sites (N-methyl/N-ethyl adjacent to an activating group) is 2. The number of benzene rings is 2. The largest absolute Gasteiger partial charge is 0.463 e. The van der Waals surface area contributed by atoms with Gasteiger partial charge < -0.3 is 20.3 Å². The summed E-state index contributed by atoms with van der Waals surface area (Å²) in [6, 6.07) is 16.6. The van der Waals surface area contributed by atoms with Gasteiger partial charge in [0.1, 0.15) is 6.04 Å². The third kappa shape index (κ3) is 8.54. The van der Waals surface area contributed by atoms with Crippen molar-refractivity contribution in [2.45, 2.75) is 85.9 Å². The van der Waals surface area contributed by atoms with Gasteiger partial charge in [-0.3, -0.25) is 9.59 Å². The maximum Gasteiger partial charge on any atom is 0.333 e. The summed E-state index contributed by atoms with van der Waals surface area (Å²) in [5, 5.41) is 6.31. The summed E-state index contributed by atoms with van der Waals surface area (Å²) in [6.07, 6.45) is 1.78. The highest BCUT2D eigenvalue weighted by Crippen LogP contribution is 2.32. The van der Waals surface area contributed by atoms with Crippen LogP contribution in [0.4, 0.5) is 0 Å². The van der Waals surface area contributed by atoms with Crippen LogP contribution in [0.3, 0.4) is 0 Å². The van der Waals surface area contributed by atoms with Gasteiger partial charge in [0.15, 0.2) is 0 Å². The zero-order chi connectivity index (χ0) is 31.8. The third-order valence-electron chi connectivity index (χ3n) is 7.88. The van der Waals surface area contributed by atoms with E-state index in [4.69, 9.17) is 4.74 Å². The number of rotatable bonds is 12. The van der Waals surface area contributed by atoms with Crippen LogP contribution >= 0.6 is 0 Å². The number of amides is 2. The molecule has 2 amide bonds. The van der Waals surface area contributed by atoms with E-state index in [-0.39, 0.29) is 30.4 Å². The Balaban J connectivity index is 2.38. The first-order valence-electron chi connectivity index (χ1n) is 14.8. The van der Waals surface area contributed by atoms with Gasteiger partial charge in [-0.15, -0.1) is 0 Å². The molecule has 3 atom stereocenters. The minimum atomic E-state index is -0.796. The summed E-state index contributed by atoms with van der Waals surface area (Å²) in [7, 11) is 3.49. The van der Waals surface area contributed by atoms with Crippen LogP contribution < -0.4 is 10.6 Å². The summed E-state index contributed by atoms with van der Waals surface area (Å²) in [4.78, 5) is 41.9. The van der Waals surface area contributed by atoms with E-state index in [9.17, 15) is 14.4 Å². The SMILES string of the molecule is CCOC(=O)/C(C)=C/[C@H](C(C)C)N(C)C(=O)[C@@H](NC(=O)[C@@H](NC)C(C)(C)c1cccc(-c2ccccc2)c1)C(C)(C)C. The standard InChI is InChI=1S/C35H51N3O4/c1-12-42-33(41)24(4)21-28(23(2)3)38(11)32(40)30(34(5,6)7)37-31(39)29(36-10)35(8,9)27-20-16-19-26(22-27)25-17-14-13-15-18-25/h13-23,28-30,36H,12H2,1-11H3,(H,37,39)/b24-21+/t28-,29-,30-/m1/s1. The Morgan fingerprint density at radius 1 is 0.929 bits per heavy atom. The van der Waals surface area contributed by atoms with Gasteiger partial charge in [-0.2, -0.15) is 0 Å². The van der Waals surface area contributed by atoms with Gasteiger partial charge in [0.2, 0.25) is 11.8 Å². The monoisotopic (exact) mass is 577 g/mol. The molecule has 2 aromatic carbocycles. The van der Waals surface area contributed by atoms with Crippen LogP contribution in [0.1, 0.15) is 67.9 Å². The average molecular weight is 578 g/mol. The highest BCUT2D eigenvalue weighted by atomic mass is 16.5. The number of nitrogens with one attached hydrogen (secondary N) is 2. The van der Waals surface area contributed by atoms with E-state index in [1.165, 1.54) is 0 Å². The Bertz CT molecular complexity index is 1240. The van der Waals surface area contributed by atoms with Crippen molar-refractivity contribution in [3.63, 3.8) is 0 Å². The fourth-order valence-electron chi connectivity index (χ4n) is 5.26. The van der Waals surface area contributed by atoms with Gasteiger partial charge in [-0.05, 0) is 48.9 Å². The van der Waals surface area contributed by atoms with Crippen molar-refractivity contribution in [3.8, 4) is 11.1 Å². The molecule has 7 heteroatoms. The zero-order valence-corrected chi connectivity index (χ0v) is 27.4. The number of esters is 1. The molecular formula is C35H51N3O4. The molecule has 0 aliphatic carbocycles. The van der Waals surface area contributed by atoms with Crippen LogP contribution in [0, 0.1) is 11.3 Å². The second-order valence-corrected chi connectivity index (χ2v) is 13.0. The molecule has 230 valence electrons. The molecule has 0 saturated heterocycles. The fourth-order valence-corrected chi connectivity index (χ4v) is 5.26. The minimum Gasteiger partial charge on any atom is -0.463 e. The molecule has 0 aromatic heterocycles. The first-order chi connectivity index (χ1) is 19.6. The Kier molecular flexibility index (Phi) is 12.1. The van der Waals surface area contributed by atoms with E-state index in [0.29, 0.717) is 5.57 Å². The Hall–Kier alpha value is -3.45. The van der Waals surface area contributed by atoms with Crippen LogP contribution in [-0.4, -0.2) is 61.5 Å². The summed E-state index contributed by atoms with van der Waals surface area (Å²) in [6.45, 7) is 17.6. The normalized spacial score (nSPS) is 14.6. The summed E-state index contributed by atoms with van der Waals surface area (Å²) in [5.74, 6) is -0.851. The molecule has 0 heterocycles. The van der Waals surface area contributed by atoms with Crippen molar-refractivity contribution in [2.75, 3.05) is 20.7 Å². The highest BCUT2D eigenvalue weighted by molar-refractivity contribution is 5.92. The maximum absolute atomic E-state index is 14.0. The second kappa shape index (κ2) is 14.6. The smallest absolute Gasteiger partial charge is 0.333 e. The molecule has 0 unspecified atom stereocenters. The van der Waals surface area contributed by atoms with Crippen molar-refractivity contribution in [1.29, 1.82) is 0 Å². The van der Waals surface area contributed by atoms with Gasteiger partial charge >= 0.3 is 5.97 Å². The highest BCUT2D eigenvalue weighted by Gasteiger charge is 2.41. The van der Waals surface area contributed by atoms with Crippen LogP contribution in [0.2, 0.25) is 0 Å². The third-order valence-corrected chi connectivity index (χ3v) is 7.88. The van der Waals surface area contributed by atoms with Crippen LogP contribution in [0.5, 0.6) is 0 Å². The van der Waals surface area contributed by atoms with Crippen molar-refractivity contribution in [1.82, 2.24) is 15.5 Å². The predicted octanol–water partition coefficient (Wildman–Crippen LogP) is 5.74. The van der Waals surface area contributed by atoms with Gasteiger partial charge in [-0.1, -0.05) is 109 Å². The van der Waals surface area contributed by atoms with E-state index in [2.05, 4.69) is 34.9 Å². The lowest BCUT2D eigenvalue weighted by atomic mass is 9.76. The van der Waals surface area contributed by atoms with Crippen molar-refractivity contribution in [3.05, 3.63) is 71.8 Å². The van der Waals surface area contributed by atoms with E-state index in [1.807, 2.05) is 78.8 Å². The average Bonchev–Trinajstić information content (AvgIpc) is 2.93. The van der Waals surface area contributed by atoms with Crippen LogP contribution in [0.15, 0.2) is 66.2 Å². The number of ether oxygens (including phenoxy) is 1. The number of carbonyl (C=O) groups excluding carboxylic acids is 3. The number of hydrogen-bond acceptors (Lipinski definition) is 5. The molecule has 7 nitrogen and oxygen atoms in total. The molecule has 0 radical (unpaired) electrons. The Morgan fingerprint density at radius 2 is 1.52 bits per heavy atom. The van der Waals surface area contributed by atoms with E-state index in [1.54, 1.807) is 38.9 Å². The van der Waals surface area contributed by atoms with E-state index in [0.717, 1.165) is 16.7 Å². The molecule has 42 heavy (non-hydrogen) atoms. The van der Waals surface area contributed by atoms with Crippen molar-refractivity contribution >= 4 is 17.8 Å². The number of hydrogen-bond donors (Lipinski definition) is 2. The minimum absolute atomic E-state index is 0.0283. The summed E-state index contributed by atoms with van der Waals surface area (Å²) < 4.78 is 5.14. The van der Waals surface area contributed by atoms with Gasteiger partial charge in [0.25, 0.3) is 0 Å². The molecule has 2 N–H and O–H groups in total. The quantitative estimate of drug-likeness (QED) is 0.248. The predicted molar refractivity (Wildman–Crippen MR) is 171 cm³/mol. The van der Waals surface area contributed by atoms with E-state index >= 15 is 0 Å². The summed E-state index contributed by atoms with van der Waals surface area (Å²) in [5.41, 5.74) is 2.47. The van der Waals surface area contributed by atoms with Crippen molar-refractivity contribution in [2.24, 2.45) is 11.3 Å². The first kappa shape index (κ1) is 34.7. The lowest BCUT2D eigenvalue weighted by Crippen LogP contribution is -2.61. The zero-order valence-electron chi connectivity index (χ0n) is 27.4. The van der Waals surface area contributed by atoms with Gasteiger partial charge in [0, 0.05) is 18.0 Å². The molecular weight excluding hydrogens is 526 g/mol. The molecule has 2 rings (SSSR count). The van der Waals surface area contributed by atoms with Crippen LogP contribution in [-0.2, 0) is 24.5 Å². The molecule has 2 aromatic rings. The van der Waals surface area contributed by atoms with E-state index < -0.39 is 28.9 Å².